The van der Waals surface area contributed by atoms with Crippen LogP contribution in [0.2, 0.25) is 0 Å². The lowest BCUT2D eigenvalue weighted by Gasteiger charge is -2.13. The molecular weight excluding hydrogens is 400 g/mol. The van der Waals surface area contributed by atoms with Crippen molar-refractivity contribution >= 4 is 43.8 Å². The monoisotopic (exact) mass is 412 g/mol. The Kier molecular flexibility index (Phi) is 5.64. The Morgan fingerprint density at radius 3 is 2.33 bits per heavy atom. The van der Waals surface area contributed by atoms with Crippen molar-refractivity contribution in [2.45, 2.75) is 0 Å². The first-order valence-corrected chi connectivity index (χ1v) is 7.70. The summed E-state index contributed by atoms with van der Waals surface area (Å²) in [5.74, 6) is 1.34. The van der Waals surface area contributed by atoms with E-state index in [1.165, 1.54) is 0 Å². The van der Waals surface area contributed by atoms with Gasteiger partial charge in [-0.2, -0.15) is 5.10 Å². The average Bonchev–Trinajstić information content (AvgIpc) is 2.49. The number of nitrogens with zero attached hydrogens (tertiary/aromatic N) is 1. The molecule has 1 N–H and O–H groups in total. The van der Waals surface area contributed by atoms with Crippen LogP contribution >= 0.6 is 31.9 Å². The van der Waals surface area contributed by atoms with E-state index in [2.05, 4.69) is 42.4 Å². The highest BCUT2D eigenvalue weighted by molar-refractivity contribution is 9.11. The van der Waals surface area contributed by atoms with Crippen LogP contribution in [-0.2, 0) is 0 Å². The Labute approximate surface area is 140 Å². The van der Waals surface area contributed by atoms with Gasteiger partial charge >= 0.3 is 0 Å². The second-order valence-electron chi connectivity index (χ2n) is 4.06. The molecule has 0 aromatic heterocycles. The number of hydrazone groups is 1. The van der Waals surface area contributed by atoms with E-state index in [9.17, 15) is 0 Å². The number of hydrogen-bond donors (Lipinski definition) is 1. The quantitative estimate of drug-likeness (QED) is 0.571. The summed E-state index contributed by atoms with van der Waals surface area (Å²) in [4.78, 5) is 0. The molecule has 0 bridgehead atoms. The number of halogens is 2. The van der Waals surface area contributed by atoms with Gasteiger partial charge < -0.3 is 9.47 Å². The molecule has 21 heavy (non-hydrogen) atoms. The van der Waals surface area contributed by atoms with Gasteiger partial charge in [-0.3, -0.25) is 5.43 Å². The van der Waals surface area contributed by atoms with Crippen molar-refractivity contribution < 1.29 is 9.47 Å². The molecule has 110 valence electrons. The van der Waals surface area contributed by atoms with Crippen LogP contribution in [0.3, 0.4) is 0 Å². The SMILES string of the molecule is COc1c(Br)cc(/C=N/Nc2ccccc2)c(OC)c1Br. The fourth-order valence-corrected chi connectivity index (χ4v) is 3.42. The summed E-state index contributed by atoms with van der Waals surface area (Å²) >= 11 is 6.94. The number of ether oxygens (including phenoxy) is 2. The minimum absolute atomic E-state index is 0.661. The molecule has 0 unspecified atom stereocenters. The van der Waals surface area contributed by atoms with Crippen LogP contribution in [-0.4, -0.2) is 20.4 Å². The lowest BCUT2D eigenvalue weighted by molar-refractivity contribution is 0.387. The number of benzene rings is 2. The Morgan fingerprint density at radius 1 is 1.05 bits per heavy atom. The molecule has 0 heterocycles. The van der Waals surface area contributed by atoms with Gasteiger partial charge in [-0.25, -0.2) is 0 Å². The van der Waals surface area contributed by atoms with Crippen molar-refractivity contribution in [3.8, 4) is 11.5 Å². The molecule has 2 aromatic carbocycles. The molecule has 0 saturated carbocycles. The number of methoxy groups -OCH3 is 2. The molecule has 0 saturated heterocycles. The Balaban J connectivity index is 2.27. The molecule has 0 aliphatic rings. The molecule has 0 amide bonds. The van der Waals surface area contributed by atoms with Gasteiger partial charge in [0, 0.05) is 5.56 Å². The molecule has 0 aliphatic heterocycles. The van der Waals surface area contributed by atoms with Crippen LogP contribution in [0, 0.1) is 0 Å². The molecule has 2 rings (SSSR count). The summed E-state index contributed by atoms with van der Waals surface area (Å²) in [6.45, 7) is 0. The Hall–Kier alpha value is -1.53. The minimum Gasteiger partial charge on any atom is -0.495 e. The van der Waals surface area contributed by atoms with Crippen LogP contribution in [0.4, 0.5) is 5.69 Å². The third-order valence-electron chi connectivity index (χ3n) is 2.74. The van der Waals surface area contributed by atoms with Gasteiger partial charge in [-0.15, -0.1) is 0 Å². The van der Waals surface area contributed by atoms with Crippen molar-refractivity contribution in [1.29, 1.82) is 0 Å². The van der Waals surface area contributed by atoms with E-state index in [-0.39, 0.29) is 0 Å². The van der Waals surface area contributed by atoms with Crippen molar-refractivity contribution in [2.24, 2.45) is 5.10 Å². The first-order valence-electron chi connectivity index (χ1n) is 6.11. The Morgan fingerprint density at radius 2 is 1.71 bits per heavy atom. The highest BCUT2D eigenvalue weighted by atomic mass is 79.9. The first-order chi connectivity index (χ1) is 10.2. The van der Waals surface area contributed by atoms with E-state index < -0.39 is 0 Å². The van der Waals surface area contributed by atoms with Crippen molar-refractivity contribution in [1.82, 2.24) is 0 Å². The second kappa shape index (κ2) is 7.47. The lowest BCUT2D eigenvalue weighted by atomic mass is 10.2. The highest BCUT2D eigenvalue weighted by Gasteiger charge is 2.15. The van der Waals surface area contributed by atoms with Crippen molar-refractivity contribution in [3.63, 3.8) is 0 Å². The maximum Gasteiger partial charge on any atom is 0.151 e. The van der Waals surface area contributed by atoms with Gasteiger partial charge in [0.15, 0.2) is 5.75 Å². The fraction of sp³-hybridized carbons (Fsp3) is 0.133. The zero-order valence-corrected chi connectivity index (χ0v) is 14.7. The van der Waals surface area contributed by atoms with Gasteiger partial charge in [-0.05, 0) is 50.1 Å². The number of rotatable bonds is 5. The van der Waals surface area contributed by atoms with Crippen LogP contribution < -0.4 is 14.9 Å². The number of nitrogens with one attached hydrogen (secondary N) is 1. The zero-order valence-electron chi connectivity index (χ0n) is 11.6. The van der Waals surface area contributed by atoms with E-state index in [4.69, 9.17) is 9.47 Å². The van der Waals surface area contributed by atoms with Crippen LogP contribution in [0.5, 0.6) is 11.5 Å². The second-order valence-corrected chi connectivity index (χ2v) is 5.71. The van der Waals surface area contributed by atoms with Gasteiger partial charge in [0.25, 0.3) is 0 Å². The van der Waals surface area contributed by atoms with E-state index in [1.54, 1.807) is 20.4 Å². The maximum absolute atomic E-state index is 5.41. The molecule has 0 aliphatic carbocycles. The lowest BCUT2D eigenvalue weighted by Crippen LogP contribution is -1.98. The standard InChI is InChI=1S/C15H14Br2N2O2/c1-20-14-10(8-12(16)15(21-2)13(14)17)9-18-19-11-6-4-3-5-7-11/h3-9,19H,1-2H3/b18-9+. The van der Waals surface area contributed by atoms with Gasteiger partial charge in [0.2, 0.25) is 0 Å². The fourth-order valence-electron chi connectivity index (χ4n) is 1.78. The highest BCUT2D eigenvalue weighted by Crippen LogP contribution is 2.42. The largest absolute Gasteiger partial charge is 0.495 e. The summed E-state index contributed by atoms with van der Waals surface area (Å²) in [6, 6.07) is 11.6. The van der Waals surface area contributed by atoms with Crippen LogP contribution in [0.15, 0.2) is 50.4 Å². The minimum atomic E-state index is 0.661. The summed E-state index contributed by atoms with van der Waals surface area (Å²) < 4.78 is 12.3. The molecule has 6 heteroatoms. The summed E-state index contributed by atoms with van der Waals surface area (Å²) in [5, 5.41) is 4.22. The predicted molar refractivity (Wildman–Crippen MR) is 92.6 cm³/mol. The molecule has 0 atom stereocenters. The first kappa shape index (κ1) is 15.9. The summed E-state index contributed by atoms with van der Waals surface area (Å²) in [7, 11) is 3.21. The number of para-hydroxylation sites is 1. The third-order valence-corrected chi connectivity index (χ3v) is 4.05. The molecule has 0 fully saturated rings. The molecule has 0 radical (unpaired) electrons. The van der Waals surface area contributed by atoms with E-state index in [0.29, 0.717) is 11.5 Å². The average molecular weight is 414 g/mol. The van der Waals surface area contributed by atoms with Crippen LogP contribution in [0.25, 0.3) is 0 Å². The Bertz CT molecular complexity index is 646. The predicted octanol–water partition coefficient (Wildman–Crippen LogP) is 4.67. The molecule has 0 spiro atoms. The molecule has 4 nitrogen and oxygen atoms in total. The maximum atomic E-state index is 5.41. The number of hydrogen-bond acceptors (Lipinski definition) is 4. The van der Waals surface area contributed by atoms with Crippen molar-refractivity contribution in [3.05, 3.63) is 50.9 Å². The summed E-state index contributed by atoms with van der Waals surface area (Å²) in [6.07, 6.45) is 1.70. The van der Waals surface area contributed by atoms with Gasteiger partial charge in [-0.1, -0.05) is 18.2 Å². The smallest absolute Gasteiger partial charge is 0.151 e. The molecular formula is C15H14Br2N2O2. The van der Waals surface area contributed by atoms with Crippen molar-refractivity contribution in [2.75, 3.05) is 19.6 Å². The van der Waals surface area contributed by atoms with Crippen LogP contribution in [0.1, 0.15) is 5.56 Å². The topological polar surface area (TPSA) is 42.8 Å². The third kappa shape index (κ3) is 3.77. The number of anilines is 1. The van der Waals surface area contributed by atoms with E-state index in [0.717, 1.165) is 20.2 Å². The summed E-state index contributed by atoms with van der Waals surface area (Å²) in [5.41, 5.74) is 4.70. The zero-order chi connectivity index (χ0) is 15.2. The van der Waals surface area contributed by atoms with E-state index >= 15 is 0 Å². The van der Waals surface area contributed by atoms with E-state index in [1.807, 2.05) is 36.4 Å². The molecule has 2 aromatic rings. The van der Waals surface area contributed by atoms with Gasteiger partial charge in [0.05, 0.1) is 30.6 Å². The normalized spacial score (nSPS) is 10.7. The van der Waals surface area contributed by atoms with Gasteiger partial charge in [0.1, 0.15) is 10.2 Å².